The highest BCUT2D eigenvalue weighted by molar-refractivity contribution is 5.73. The van der Waals surface area contributed by atoms with E-state index in [1.54, 1.807) is 31.4 Å². The lowest BCUT2D eigenvalue weighted by Crippen LogP contribution is -2.38. The molecule has 3 rings (SSSR count). The Kier molecular flexibility index (Phi) is 7.70. The van der Waals surface area contributed by atoms with Gasteiger partial charge in [-0.3, -0.25) is 0 Å². The van der Waals surface area contributed by atoms with Crippen LogP contribution in [0.1, 0.15) is 12.0 Å². The number of alkyl halides is 2. The van der Waals surface area contributed by atoms with Gasteiger partial charge in [0.05, 0.1) is 7.11 Å². The highest BCUT2D eigenvalue weighted by Gasteiger charge is 2.23. The van der Waals surface area contributed by atoms with Gasteiger partial charge in [-0.2, -0.15) is 0 Å². The molecule has 0 radical (unpaired) electrons. The fourth-order valence-electron chi connectivity index (χ4n) is 3.43. The third-order valence-corrected chi connectivity index (χ3v) is 4.98. The van der Waals surface area contributed by atoms with Crippen LogP contribution in [0.4, 0.5) is 19.3 Å². The zero-order valence-electron chi connectivity index (χ0n) is 16.9. The summed E-state index contributed by atoms with van der Waals surface area (Å²) in [6.07, 6.45) is -1.52. The van der Waals surface area contributed by atoms with Gasteiger partial charge in [0.2, 0.25) is 0 Å². The zero-order chi connectivity index (χ0) is 21.3. The average molecular weight is 419 g/mol. The molecule has 0 saturated carbocycles. The highest BCUT2D eigenvalue weighted by Crippen LogP contribution is 2.26. The quantitative estimate of drug-likeness (QED) is 0.651. The monoisotopic (exact) mass is 419 g/mol. The van der Waals surface area contributed by atoms with E-state index in [-0.39, 0.29) is 12.6 Å². The number of ether oxygens (including phenoxy) is 2. The van der Waals surface area contributed by atoms with Crippen LogP contribution in [0.25, 0.3) is 0 Å². The summed E-state index contributed by atoms with van der Waals surface area (Å²) in [5.41, 5.74) is 1.90. The molecule has 0 bridgehead atoms. The molecule has 1 aliphatic heterocycles. The van der Waals surface area contributed by atoms with Crippen LogP contribution >= 0.6 is 0 Å². The van der Waals surface area contributed by atoms with Gasteiger partial charge in [0.15, 0.2) is 0 Å². The molecule has 30 heavy (non-hydrogen) atoms. The van der Waals surface area contributed by atoms with Gasteiger partial charge in [-0.25, -0.2) is 13.6 Å². The largest absolute Gasteiger partial charge is 0.497 e. The Morgan fingerprint density at radius 2 is 1.97 bits per heavy atom. The normalized spacial score (nSPS) is 15.9. The summed E-state index contributed by atoms with van der Waals surface area (Å²) in [5, 5.41) is 5.70. The molecule has 1 aliphatic rings. The summed E-state index contributed by atoms with van der Waals surface area (Å²) in [5.74, 6) is 1.56. The Morgan fingerprint density at radius 1 is 1.17 bits per heavy atom. The second-order valence-corrected chi connectivity index (χ2v) is 7.22. The van der Waals surface area contributed by atoms with Crippen molar-refractivity contribution in [3.8, 4) is 11.5 Å². The number of anilines is 1. The molecule has 8 heteroatoms. The van der Waals surface area contributed by atoms with Gasteiger partial charge in [-0.1, -0.05) is 18.2 Å². The van der Waals surface area contributed by atoms with Crippen molar-refractivity contribution in [1.82, 2.24) is 10.6 Å². The minimum absolute atomic E-state index is 0.256. The number of halogens is 2. The number of nitrogens with zero attached hydrogens (tertiary/aromatic N) is 1. The number of carbonyl (C=O) groups excluding carboxylic acids is 1. The van der Waals surface area contributed by atoms with Crippen molar-refractivity contribution in [3.63, 3.8) is 0 Å². The van der Waals surface area contributed by atoms with Crippen molar-refractivity contribution in [2.45, 2.75) is 19.4 Å². The van der Waals surface area contributed by atoms with Crippen LogP contribution in [-0.4, -0.2) is 45.8 Å². The number of amides is 2. The number of benzene rings is 2. The van der Waals surface area contributed by atoms with Crippen LogP contribution in [-0.2, 0) is 6.54 Å². The van der Waals surface area contributed by atoms with Crippen LogP contribution in [0, 0.1) is 5.92 Å². The van der Waals surface area contributed by atoms with Gasteiger partial charge in [-0.15, -0.1) is 0 Å². The second kappa shape index (κ2) is 10.7. The van der Waals surface area contributed by atoms with Crippen molar-refractivity contribution in [2.75, 3.05) is 38.3 Å². The van der Waals surface area contributed by atoms with E-state index < -0.39 is 13.0 Å². The predicted octanol–water partition coefficient (Wildman–Crippen LogP) is 3.66. The van der Waals surface area contributed by atoms with Crippen LogP contribution in [0.3, 0.4) is 0 Å². The molecule has 2 aromatic carbocycles. The molecule has 2 amide bonds. The van der Waals surface area contributed by atoms with Crippen LogP contribution < -0.4 is 25.0 Å². The maximum Gasteiger partial charge on any atom is 0.315 e. The van der Waals surface area contributed by atoms with E-state index in [2.05, 4.69) is 21.6 Å². The van der Waals surface area contributed by atoms with E-state index in [4.69, 9.17) is 9.47 Å². The van der Waals surface area contributed by atoms with E-state index in [0.29, 0.717) is 18.2 Å². The van der Waals surface area contributed by atoms with Crippen molar-refractivity contribution < 1.29 is 23.0 Å². The smallest absolute Gasteiger partial charge is 0.315 e. The molecule has 0 spiro atoms. The molecule has 2 N–H and O–H groups in total. The fourth-order valence-corrected chi connectivity index (χ4v) is 3.43. The summed E-state index contributed by atoms with van der Waals surface area (Å²) in [6.45, 7) is 2.04. The molecule has 1 fully saturated rings. The zero-order valence-corrected chi connectivity index (χ0v) is 16.9. The number of hydrogen-bond acceptors (Lipinski definition) is 4. The number of hydrogen-bond donors (Lipinski definition) is 2. The lowest BCUT2D eigenvalue weighted by atomic mass is 10.1. The molecule has 1 heterocycles. The van der Waals surface area contributed by atoms with Crippen molar-refractivity contribution in [3.05, 3.63) is 54.1 Å². The molecule has 6 nitrogen and oxygen atoms in total. The first-order valence-corrected chi connectivity index (χ1v) is 9.94. The Bertz CT molecular complexity index is 835. The molecule has 1 saturated heterocycles. The summed E-state index contributed by atoms with van der Waals surface area (Å²) < 4.78 is 34.8. The lowest BCUT2D eigenvalue weighted by molar-refractivity contribution is 0.0818. The van der Waals surface area contributed by atoms with E-state index in [9.17, 15) is 13.6 Å². The molecule has 1 unspecified atom stereocenters. The van der Waals surface area contributed by atoms with Crippen LogP contribution in [0.15, 0.2) is 48.5 Å². The van der Waals surface area contributed by atoms with E-state index in [1.165, 1.54) is 0 Å². The van der Waals surface area contributed by atoms with E-state index in [1.807, 2.05) is 18.2 Å². The summed E-state index contributed by atoms with van der Waals surface area (Å²) in [7, 11) is 1.65. The van der Waals surface area contributed by atoms with E-state index in [0.717, 1.165) is 36.5 Å². The molecule has 0 aromatic heterocycles. The maximum atomic E-state index is 12.2. The lowest BCUT2D eigenvalue weighted by Gasteiger charge is -2.19. The van der Waals surface area contributed by atoms with Gasteiger partial charge in [0, 0.05) is 37.9 Å². The van der Waals surface area contributed by atoms with Crippen LogP contribution in [0.5, 0.6) is 11.5 Å². The van der Waals surface area contributed by atoms with Crippen LogP contribution in [0.2, 0.25) is 0 Å². The first kappa shape index (κ1) is 21.7. The minimum atomic E-state index is -2.52. The van der Waals surface area contributed by atoms with Gasteiger partial charge in [0.25, 0.3) is 6.43 Å². The van der Waals surface area contributed by atoms with Gasteiger partial charge in [0.1, 0.15) is 18.1 Å². The highest BCUT2D eigenvalue weighted by atomic mass is 19.3. The minimum Gasteiger partial charge on any atom is -0.497 e. The molecule has 0 aliphatic carbocycles. The summed E-state index contributed by atoms with van der Waals surface area (Å²) in [4.78, 5) is 14.4. The number of carbonyl (C=O) groups is 1. The van der Waals surface area contributed by atoms with Gasteiger partial charge >= 0.3 is 6.03 Å². The maximum absolute atomic E-state index is 12.2. The number of nitrogens with one attached hydrogen (secondary N) is 2. The Balaban J connectivity index is 1.39. The first-order valence-electron chi connectivity index (χ1n) is 9.94. The Morgan fingerprint density at radius 3 is 2.77 bits per heavy atom. The molecule has 2 aromatic rings. The third kappa shape index (κ3) is 6.50. The fraction of sp³-hybridized carbons (Fsp3) is 0.409. The molecular formula is C22H27F2N3O3. The summed E-state index contributed by atoms with van der Waals surface area (Å²) in [6, 6.07) is 14.5. The number of rotatable bonds is 9. The topological polar surface area (TPSA) is 62.8 Å². The molecule has 1 atom stereocenters. The standard InChI is InChI=1S/C22H27F2N3O3/c1-29-19-6-3-5-18(11-19)27-9-8-17(14-27)13-26-22(28)25-12-16-4-2-7-20(10-16)30-15-21(23)24/h2-7,10-11,17,21H,8-9,12-15H2,1H3,(H2,25,26,28). The number of urea groups is 1. The third-order valence-electron chi connectivity index (χ3n) is 4.98. The first-order chi connectivity index (χ1) is 14.5. The molecular weight excluding hydrogens is 392 g/mol. The Hall–Kier alpha value is -3.03. The second-order valence-electron chi connectivity index (χ2n) is 7.22. The SMILES string of the molecule is COc1cccc(N2CCC(CNC(=O)NCc3cccc(OCC(F)F)c3)C2)c1. The van der Waals surface area contributed by atoms with Gasteiger partial charge < -0.3 is 25.0 Å². The predicted molar refractivity (Wildman–Crippen MR) is 111 cm³/mol. The van der Waals surface area contributed by atoms with Gasteiger partial charge in [-0.05, 0) is 42.2 Å². The number of methoxy groups -OCH3 is 1. The van der Waals surface area contributed by atoms with Crippen molar-refractivity contribution in [1.29, 1.82) is 0 Å². The Labute approximate surface area is 175 Å². The molecule has 162 valence electrons. The summed E-state index contributed by atoms with van der Waals surface area (Å²) >= 11 is 0. The van der Waals surface area contributed by atoms with Crippen molar-refractivity contribution in [2.24, 2.45) is 5.92 Å². The van der Waals surface area contributed by atoms with Crippen molar-refractivity contribution >= 4 is 11.7 Å². The van der Waals surface area contributed by atoms with E-state index >= 15 is 0 Å². The average Bonchev–Trinajstić information content (AvgIpc) is 3.24.